The molecule has 1 aliphatic heterocycles. The second-order valence-electron chi connectivity index (χ2n) is 13.4. The fourth-order valence-electron chi connectivity index (χ4n) is 6.74. The number of fused-ring (bicyclic) bond motifs is 4. The number of aromatic hydroxyl groups is 1. The lowest BCUT2D eigenvalue weighted by molar-refractivity contribution is 0.0920. The Hall–Kier alpha value is -7.16. The molecule has 1 unspecified atom stereocenters. The molecule has 7 aromatic rings. The van der Waals surface area contributed by atoms with Crippen LogP contribution in [0.4, 0.5) is 5.69 Å². The number of ether oxygens (including phenoxy) is 3. The Labute approximate surface area is 334 Å². The van der Waals surface area contributed by atoms with E-state index in [9.17, 15) is 19.5 Å². The van der Waals surface area contributed by atoms with E-state index in [0.717, 1.165) is 21.9 Å². The van der Waals surface area contributed by atoms with Gasteiger partial charge in [-0.15, -0.1) is 0 Å². The number of phenolic OH excluding ortho intramolecular Hbond substituents is 1. The van der Waals surface area contributed by atoms with E-state index < -0.39 is 19.8 Å². The molecule has 0 saturated heterocycles. The predicted octanol–water partition coefficient (Wildman–Crippen LogP) is 9.01. The summed E-state index contributed by atoms with van der Waals surface area (Å²) in [5, 5.41) is 15.0. The Bertz CT molecular complexity index is 2760. The first-order valence-electron chi connectivity index (χ1n) is 18.5. The molecule has 288 valence electrons. The van der Waals surface area contributed by atoms with E-state index in [0.29, 0.717) is 40.4 Å². The minimum absolute atomic E-state index is 0.153. The van der Waals surface area contributed by atoms with Crippen LogP contribution >= 0.6 is 7.37 Å². The third-order valence-corrected chi connectivity index (χ3v) is 12.1. The van der Waals surface area contributed by atoms with Crippen LogP contribution in [0.3, 0.4) is 0 Å². The third kappa shape index (κ3) is 7.78. The van der Waals surface area contributed by atoms with E-state index in [1.54, 1.807) is 115 Å². The van der Waals surface area contributed by atoms with Gasteiger partial charge in [0.25, 0.3) is 5.91 Å². The molecule has 10 nitrogen and oxygen atoms in total. The molecule has 1 aliphatic rings. The van der Waals surface area contributed by atoms with Crippen LogP contribution in [-0.2, 0) is 4.57 Å². The van der Waals surface area contributed by atoms with Crippen molar-refractivity contribution >= 4 is 51.9 Å². The topological polar surface area (TPSA) is 137 Å². The summed E-state index contributed by atoms with van der Waals surface area (Å²) in [6.45, 7) is 1.54. The van der Waals surface area contributed by atoms with Crippen LogP contribution in [-0.4, -0.2) is 42.4 Å². The molecule has 0 radical (unpaired) electrons. The number of hydrogen-bond acceptors (Lipinski definition) is 9. The first kappa shape index (κ1) is 37.7. The summed E-state index contributed by atoms with van der Waals surface area (Å²) in [4.78, 5) is 39.6. The lowest BCUT2D eigenvalue weighted by Gasteiger charge is -2.30. The summed E-state index contributed by atoms with van der Waals surface area (Å²) in [6.07, 6.45) is 0. The highest BCUT2D eigenvalue weighted by atomic mass is 31.2. The van der Waals surface area contributed by atoms with Gasteiger partial charge in [-0.25, -0.2) is 0 Å². The fraction of sp³-hybridized carbons (Fsp3) is 0.0851. The van der Waals surface area contributed by atoms with E-state index >= 15 is 4.57 Å². The molecular formula is C47H36NO9P. The molecule has 0 bridgehead atoms. The van der Waals surface area contributed by atoms with Crippen LogP contribution in [0.2, 0.25) is 0 Å². The molecule has 0 fully saturated rings. The quantitative estimate of drug-likeness (QED) is 0.0866. The number of ketones is 2. The minimum Gasteiger partial charge on any atom is -0.508 e. The second-order valence-corrected chi connectivity index (χ2v) is 15.7. The highest BCUT2D eigenvalue weighted by Gasteiger charge is 2.40. The zero-order chi connectivity index (χ0) is 40.2. The monoisotopic (exact) mass is 789 g/mol. The van der Waals surface area contributed by atoms with Gasteiger partial charge in [-0.05, 0) is 108 Å². The summed E-state index contributed by atoms with van der Waals surface area (Å²) >= 11 is 0. The summed E-state index contributed by atoms with van der Waals surface area (Å²) in [5.74, 6) is 0.670. The third-order valence-electron chi connectivity index (χ3n) is 9.62. The molecule has 11 heteroatoms. The van der Waals surface area contributed by atoms with Crippen molar-refractivity contribution in [3.8, 4) is 39.9 Å². The van der Waals surface area contributed by atoms with Crippen molar-refractivity contribution < 1.29 is 42.8 Å². The lowest BCUT2D eigenvalue weighted by atomic mass is 10.0. The van der Waals surface area contributed by atoms with E-state index in [1.165, 1.54) is 6.07 Å². The highest BCUT2D eigenvalue weighted by molar-refractivity contribution is 7.75. The van der Waals surface area contributed by atoms with Crippen molar-refractivity contribution in [2.45, 2.75) is 6.92 Å². The van der Waals surface area contributed by atoms with Crippen LogP contribution < -0.4 is 34.7 Å². The van der Waals surface area contributed by atoms with Gasteiger partial charge in [0.1, 0.15) is 28.7 Å². The van der Waals surface area contributed by atoms with Gasteiger partial charge < -0.3 is 29.2 Å². The van der Waals surface area contributed by atoms with Crippen molar-refractivity contribution in [2.75, 3.05) is 25.1 Å². The number of benzene rings is 7. The number of hydrogen-bond donors (Lipinski definition) is 2. The molecule has 1 atom stereocenters. The average Bonchev–Trinajstić information content (AvgIpc) is 3.25. The lowest BCUT2D eigenvalue weighted by Crippen LogP contribution is -2.27. The summed E-state index contributed by atoms with van der Waals surface area (Å²) in [6, 6.07) is 42.8. The molecule has 7 aromatic carbocycles. The number of phenols is 1. The van der Waals surface area contributed by atoms with Crippen LogP contribution in [0.25, 0.3) is 21.9 Å². The second kappa shape index (κ2) is 16.1. The maximum Gasteiger partial charge on any atom is 0.311 e. The molecule has 1 amide bonds. The Morgan fingerprint density at radius 2 is 1.28 bits per heavy atom. The van der Waals surface area contributed by atoms with Crippen molar-refractivity contribution in [3.63, 3.8) is 0 Å². The molecule has 0 spiro atoms. The van der Waals surface area contributed by atoms with Crippen LogP contribution in [0, 0.1) is 0 Å². The van der Waals surface area contributed by atoms with Gasteiger partial charge in [0, 0.05) is 27.9 Å². The van der Waals surface area contributed by atoms with E-state index in [2.05, 4.69) is 5.32 Å². The number of Topliss-reactive ketones (excluding diaryl/α,β-unsaturated/α-hetero) is 2. The van der Waals surface area contributed by atoms with Crippen LogP contribution in [0.15, 0.2) is 152 Å². The fourth-order valence-corrected chi connectivity index (χ4v) is 9.15. The Kier molecular flexibility index (Phi) is 10.5. The Balaban J connectivity index is 0.918. The minimum atomic E-state index is -3.79. The maximum atomic E-state index is 15.0. The SMILES string of the molecule is CCOc1ccc(OCC(=O)c2cccc(C(=O)COc3ccc(NC(=O)c4ccc5cc(O)ccc5c4)cc3)c2)c(P2(=O)Oc3ccccc3-c3ccccc32)c1. The Morgan fingerprint density at radius 1 is 0.603 bits per heavy atom. The molecule has 0 aromatic heterocycles. The van der Waals surface area contributed by atoms with Crippen molar-refractivity contribution in [1.82, 2.24) is 0 Å². The van der Waals surface area contributed by atoms with Gasteiger partial charge in [0.05, 0.1) is 17.2 Å². The molecule has 58 heavy (non-hydrogen) atoms. The average molecular weight is 790 g/mol. The van der Waals surface area contributed by atoms with Crippen LogP contribution in [0.5, 0.6) is 28.7 Å². The summed E-state index contributed by atoms with van der Waals surface area (Å²) in [5.41, 5.74) is 3.13. The van der Waals surface area contributed by atoms with E-state index in [-0.39, 0.29) is 46.2 Å². The van der Waals surface area contributed by atoms with Gasteiger partial charge in [-0.1, -0.05) is 66.7 Å². The summed E-state index contributed by atoms with van der Waals surface area (Å²) in [7, 11) is -3.79. The molecule has 1 heterocycles. The standard InChI is InChI=1S/C47H36NO9P/c1-2-54-38-22-23-44(46(27-38)58(53)45-13-6-4-11-40(45)39-10-3-5-12-43(39)57-58)56-29-42(51)33-9-7-8-32(25-33)41(50)28-55-37-20-17-35(18-21-37)48-47(52)34-15-14-31-26-36(49)19-16-30(31)24-34/h3-27,49H,2,28-29H2,1H3,(H,48,52). The number of rotatable bonds is 13. The molecule has 0 saturated carbocycles. The molecule has 0 aliphatic carbocycles. The molecule has 8 rings (SSSR count). The largest absolute Gasteiger partial charge is 0.508 e. The maximum absolute atomic E-state index is 15.0. The van der Waals surface area contributed by atoms with Crippen LogP contribution in [0.1, 0.15) is 38.0 Å². The van der Waals surface area contributed by atoms with Crippen molar-refractivity contribution in [2.24, 2.45) is 0 Å². The zero-order valence-corrected chi connectivity index (χ0v) is 32.1. The Morgan fingerprint density at radius 3 is 2.05 bits per heavy atom. The number of nitrogens with one attached hydrogen (secondary N) is 1. The number of carbonyl (C=O) groups excluding carboxylic acids is 3. The predicted molar refractivity (Wildman–Crippen MR) is 223 cm³/mol. The summed E-state index contributed by atoms with van der Waals surface area (Å²) < 4.78 is 38.9. The van der Waals surface area contributed by atoms with E-state index in [4.69, 9.17) is 18.7 Å². The number of para-hydroxylation sites is 1. The van der Waals surface area contributed by atoms with Crippen molar-refractivity contribution in [1.29, 1.82) is 0 Å². The first-order valence-corrected chi connectivity index (χ1v) is 20.1. The number of anilines is 1. The smallest absolute Gasteiger partial charge is 0.311 e. The normalized spacial score (nSPS) is 14.0. The van der Waals surface area contributed by atoms with Gasteiger partial charge in [0.15, 0.2) is 24.8 Å². The first-order chi connectivity index (χ1) is 28.2. The van der Waals surface area contributed by atoms with Gasteiger partial charge >= 0.3 is 7.37 Å². The van der Waals surface area contributed by atoms with Gasteiger partial charge in [-0.2, -0.15) is 0 Å². The number of amides is 1. The molecule has 2 N–H and O–H groups in total. The van der Waals surface area contributed by atoms with Gasteiger partial charge in [-0.3, -0.25) is 18.9 Å². The van der Waals surface area contributed by atoms with Crippen molar-refractivity contribution in [3.05, 3.63) is 168 Å². The number of carbonyl (C=O) groups is 3. The molecular weight excluding hydrogens is 753 g/mol. The van der Waals surface area contributed by atoms with E-state index in [1.807, 2.05) is 37.3 Å². The highest BCUT2D eigenvalue weighted by Crippen LogP contribution is 2.55. The van der Waals surface area contributed by atoms with Gasteiger partial charge in [0.2, 0.25) is 0 Å². The zero-order valence-electron chi connectivity index (χ0n) is 31.2.